The first-order chi connectivity index (χ1) is 17.5. The van der Waals surface area contributed by atoms with Gasteiger partial charge in [-0.3, -0.25) is 4.79 Å². The van der Waals surface area contributed by atoms with Crippen molar-refractivity contribution in [3.8, 4) is 0 Å². The highest BCUT2D eigenvalue weighted by atomic mass is 32.2. The Hall–Kier alpha value is -4.16. The third kappa shape index (κ3) is 3.80. The maximum atomic E-state index is 13.8. The van der Waals surface area contributed by atoms with E-state index in [0.717, 1.165) is 17.2 Å². The molecule has 5 aromatic rings. The summed E-state index contributed by atoms with van der Waals surface area (Å²) in [5.41, 5.74) is 3.71. The molecule has 0 fully saturated rings. The Morgan fingerprint density at radius 2 is 1.47 bits per heavy atom. The van der Waals surface area contributed by atoms with Crippen molar-refractivity contribution in [2.75, 3.05) is 6.54 Å². The molecule has 6 heteroatoms. The zero-order valence-corrected chi connectivity index (χ0v) is 20.4. The summed E-state index contributed by atoms with van der Waals surface area (Å²) < 4.78 is 29.0. The van der Waals surface area contributed by atoms with Gasteiger partial charge in [-0.15, -0.1) is 0 Å². The number of amides is 1. The quantitative estimate of drug-likeness (QED) is 0.306. The second-order valence-corrected chi connectivity index (χ2v) is 10.8. The minimum atomic E-state index is -3.88. The number of carbonyl (C=O) groups is 1. The lowest BCUT2D eigenvalue weighted by Gasteiger charge is -2.27. The number of para-hydroxylation sites is 1. The molecule has 178 valence electrons. The lowest BCUT2D eigenvalue weighted by Crippen LogP contribution is -2.34. The molecular formula is C30H24N2O3S. The van der Waals surface area contributed by atoms with Crippen LogP contribution in [0.15, 0.2) is 108 Å². The van der Waals surface area contributed by atoms with E-state index in [4.69, 9.17) is 0 Å². The second-order valence-electron chi connectivity index (χ2n) is 8.99. The van der Waals surface area contributed by atoms with E-state index in [9.17, 15) is 13.2 Å². The first kappa shape index (κ1) is 22.3. The van der Waals surface area contributed by atoms with E-state index in [0.29, 0.717) is 29.6 Å². The second kappa shape index (κ2) is 8.81. The van der Waals surface area contributed by atoms with Crippen LogP contribution < -0.4 is 0 Å². The molecule has 1 amide bonds. The standard InChI is InChI=1S/C30H24N2O3S/c33-30(31-19-18-22-8-1-2-10-24(22)20-31)17-16-25-21-32(28-14-6-5-12-26(25)28)36(34,35)29-15-7-11-23-9-3-4-13-27(23)29/h1-17,21H,18-20H2/b17-16+. The molecule has 1 aliphatic rings. The molecule has 0 atom stereocenters. The van der Waals surface area contributed by atoms with Crippen LogP contribution in [0.4, 0.5) is 0 Å². The van der Waals surface area contributed by atoms with Gasteiger partial charge >= 0.3 is 0 Å². The Bertz CT molecular complexity index is 1760. The normalized spacial score (nSPS) is 13.9. The molecule has 0 spiro atoms. The Morgan fingerprint density at radius 1 is 0.778 bits per heavy atom. The van der Waals surface area contributed by atoms with Gasteiger partial charge in [0.1, 0.15) is 0 Å². The molecule has 4 aromatic carbocycles. The molecule has 0 saturated carbocycles. The van der Waals surface area contributed by atoms with Crippen molar-refractivity contribution in [1.29, 1.82) is 0 Å². The molecule has 0 aliphatic carbocycles. The van der Waals surface area contributed by atoms with Crippen molar-refractivity contribution in [2.45, 2.75) is 17.9 Å². The van der Waals surface area contributed by atoms with Crippen LogP contribution in [0, 0.1) is 0 Å². The van der Waals surface area contributed by atoms with Gasteiger partial charge in [-0.05, 0) is 41.1 Å². The van der Waals surface area contributed by atoms with Gasteiger partial charge < -0.3 is 4.90 Å². The highest BCUT2D eigenvalue weighted by Crippen LogP contribution is 2.30. The lowest BCUT2D eigenvalue weighted by atomic mass is 10.00. The minimum absolute atomic E-state index is 0.0850. The Balaban J connectivity index is 1.37. The molecule has 1 aromatic heterocycles. The van der Waals surface area contributed by atoms with E-state index in [2.05, 4.69) is 12.1 Å². The van der Waals surface area contributed by atoms with Crippen LogP contribution in [-0.4, -0.2) is 29.7 Å². The fourth-order valence-corrected chi connectivity index (χ4v) is 6.58. The first-order valence-corrected chi connectivity index (χ1v) is 13.3. The molecule has 0 N–H and O–H groups in total. The van der Waals surface area contributed by atoms with Gasteiger partial charge in [0, 0.05) is 41.7 Å². The Kier molecular flexibility index (Phi) is 5.46. The molecule has 0 radical (unpaired) electrons. The largest absolute Gasteiger partial charge is 0.334 e. The van der Waals surface area contributed by atoms with E-state index >= 15 is 0 Å². The number of hydrogen-bond acceptors (Lipinski definition) is 3. The van der Waals surface area contributed by atoms with E-state index < -0.39 is 10.0 Å². The minimum Gasteiger partial charge on any atom is -0.334 e. The molecule has 0 unspecified atom stereocenters. The molecule has 0 bridgehead atoms. The van der Waals surface area contributed by atoms with Gasteiger partial charge in [-0.1, -0.05) is 78.9 Å². The molecule has 0 saturated heterocycles. The summed E-state index contributed by atoms with van der Waals surface area (Å²) in [7, 11) is -3.88. The maximum Gasteiger partial charge on any atom is 0.268 e. The van der Waals surface area contributed by atoms with Crippen LogP contribution in [0.2, 0.25) is 0 Å². The van der Waals surface area contributed by atoms with Crippen molar-refractivity contribution in [3.05, 3.63) is 120 Å². The number of rotatable bonds is 4. The van der Waals surface area contributed by atoms with Crippen LogP contribution in [0.1, 0.15) is 16.7 Å². The van der Waals surface area contributed by atoms with Crippen molar-refractivity contribution >= 4 is 43.7 Å². The zero-order chi connectivity index (χ0) is 24.7. The molecular weight excluding hydrogens is 468 g/mol. The van der Waals surface area contributed by atoms with E-state index in [1.54, 1.807) is 36.5 Å². The number of nitrogens with zero attached hydrogens (tertiary/aromatic N) is 2. The molecule has 5 nitrogen and oxygen atoms in total. The van der Waals surface area contributed by atoms with Crippen molar-refractivity contribution < 1.29 is 13.2 Å². The van der Waals surface area contributed by atoms with Crippen LogP contribution in [0.5, 0.6) is 0 Å². The van der Waals surface area contributed by atoms with Gasteiger partial charge in [-0.2, -0.15) is 0 Å². The first-order valence-electron chi connectivity index (χ1n) is 11.9. The summed E-state index contributed by atoms with van der Waals surface area (Å²) >= 11 is 0. The fraction of sp³-hybridized carbons (Fsp3) is 0.100. The molecule has 2 heterocycles. The predicted molar refractivity (Wildman–Crippen MR) is 143 cm³/mol. The van der Waals surface area contributed by atoms with Crippen molar-refractivity contribution in [1.82, 2.24) is 8.87 Å². The summed E-state index contributed by atoms with van der Waals surface area (Å²) in [6.45, 7) is 1.24. The third-order valence-corrected chi connectivity index (χ3v) is 8.57. The van der Waals surface area contributed by atoms with Crippen LogP contribution in [0.25, 0.3) is 27.8 Å². The monoisotopic (exact) mass is 492 g/mol. The smallest absolute Gasteiger partial charge is 0.268 e. The zero-order valence-electron chi connectivity index (χ0n) is 19.5. The average Bonchev–Trinajstić information content (AvgIpc) is 3.30. The summed E-state index contributed by atoms with van der Waals surface area (Å²) in [6.07, 6.45) is 5.71. The SMILES string of the molecule is O=C(/C=C/c1cn(S(=O)(=O)c2cccc3ccccc23)c2ccccc12)N1CCc2ccccc2C1. The fourth-order valence-electron chi connectivity index (χ4n) is 4.98. The number of hydrogen-bond donors (Lipinski definition) is 0. The summed E-state index contributed by atoms with van der Waals surface area (Å²) in [5, 5.41) is 2.31. The number of fused-ring (bicyclic) bond motifs is 3. The number of benzene rings is 4. The van der Waals surface area contributed by atoms with Crippen LogP contribution in [-0.2, 0) is 27.8 Å². The summed E-state index contributed by atoms with van der Waals surface area (Å²) in [6, 6.07) is 28.3. The van der Waals surface area contributed by atoms with E-state index in [1.807, 2.05) is 65.6 Å². The number of aromatic nitrogens is 1. The van der Waals surface area contributed by atoms with Crippen LogP contribution in [0.3, 0.4) is 0 Å². The average molecular weight is 493 g/mol. The Morgan fingerprint density at radius 3 is 2.33 bits per heavy atom. The highest BCUT2D eigenvalue weighted by Gasteiger charge is 2.23. The Labute approximate surface area is 210 Å². The summed E-state index contributed by atoms with van der Waals surface area (Å²) in [5.74, 6) is -0.0850. The maximum absolute atomic E-state index is 13.8. The van der Waals surface area contributed by atoms with E-state index in [-0.39, 0.29) is 10.8 Å². The van der Waals surface area contributed by atoms with Gasteiger partial charge in [-0.25, -0.2) is 12.4 Å². The summed E-state index contributed by atoms with van der Waals surface area (Å²) in [4.78, 5) is 15.1. The lowest BCUT2D eigenvalue weighted by molar-refractivity contribution is -0.126. The number of carbonyl (C=O) groups excluding carboxylic acids is 1. The van der Waals surface area contributed by atoms with Gasteiger partial charge in [0.2, 0.25) is 5.91 Å². The van der Waals surface area contributed by atoms with Crippen LogP contribution >= 0.6 is 0 Å². The third-order valence-electron chi connectivity index (χ3n) is 6.84. The molecule has 36 heavy (non-hydrogen) atoms. The highest BCUT2D eigenvalue weighted by molar-refractivity contribution is 7.90. The van der Waals surface area contributed by atoms with Gasteiger partial charge in [0.25, 0.3) is 10.0 Å². The predicted octanol–water partition coefficient (Wildman–Crippen LogP) is 5.63. The topological polar surface area (TPSA) is 59.4 Å². The van der Waals surface area contributed by atoms with Gasteiger partial charge in [0.15, 0.2) is 0 Å². The van der Waals surface area contributed by atoms with Crippen molar-refractivity contribution in [3.63, 3.8) is 0 Å². The molecule has 1 aliphatic heterocycles. The van der Waals surface area contributed by atoms with Crippen molar-refractivity contribution in [2.24, 2.45) is 0 Å². The van der Waals surface area contributed by atoms with E-state index in [1.165, 1.54) is 15.1 Å². The van der Waals surface area contributed by atoms with Gasteiger partial charge in [0.05, 0.1) is 10.4 Å². The molecule has 6 rings (SSSR count).